The molecule has 1 atom stereocenters. The Bertz CT molecular complexity index is 1150. The molecular formula is C60H108O6. The first kappa shape index (κ1) is 63.4. The summed E-state index contributed by atoms with van der Waals surface area (Å²) in [5.41, 5.74) is 0. The summed E-state index contributed by atoms with van der Waals surface area (Å²) in [6.07, 6.45) is 66.8. The summed E-state index contributed by atoms with van der Waals surface area (Å²) in [6.45, 7) is 6.60. The van der Waals surface area contributed by atoms with E-state index in [4.69, 9.17) is 14.2 Å². The Morgan fingerprint density at radius 2 is 0.545 bits per heavy atom. The van der Waals surface area contributed by atoms with Crippen molar-refractivity contribution in [2.75, 3.05) is 13.2 Å². The molecule has 0 aliphatic carbocycles. The Hall–Kier alpha value is -2.63. The van der Waals surface area contributed by atoms with Crippen molar-refractivity contribution in [1.29, 1.82) is 0 Å². The highest BCUT2D eigenvalue weighted by atomic mass is 16.6. The second kappa shape index (κ2) is 55.0. The Balaban J connectivity index is 4.23. The maximum Gasteiger partial charge on any atom is 0.306 e. The van der Waals surface area contributed by atoms with Crippen LogP contribution in [-0.2, 0) is 28.6 Å². The number of unbranched alkanes of at least 4 members (excludes halogenated alkanes) is 33. The summed E-state index contributed by atoms with van der Waals surface area (Å²) in [4.78, 5) is 38.0. The Kier molecular flexibility index (Phi) is 52.8. The molecule has 0 amide bonds. The third-order valence-electron chi connectivity index (χ3n) is 12.6. The zero-order chi connectivity index (χ0) is 47.9. The molecule has 0 rings (SSSR count). The van der Waals surface area contributed by atoms with Crippen LogP contribution in [0.5, 0.6) is 0 Å². The van der Waals surface area contributed by atoms with E-state index in [1.807, 2.05) is 0 Å². The molecule has 66 heavy (non-hydrogen) atoms. The van der Waals surface area contributed by atoms with Crippen molar-refractivity contribution < 1.29 is 28.6 Å². The average Bonchev–Trinajstić information content (AvgIpc) is 3.31. The molecule has 0 aromatic heterocycles. The minimum absolute atomic E-state index is 0.0741. The largest absolute Gasteiger partial charge is 0.462 e. The predicted molar refractivity (Wildman–Crippen MR) is 284 cm³/mol. The van der Waals surface area contributed by atoms with Crippen molar-refractivity contribution >= 4 is 17.9 Å². The van der Waals surface area contributed by atoms with Crippen molar-refractivity contribution in [2.24, 2.45) is 0 Å². The van der Waals surface area contributed by atoms with Crippen molar-refractivity contribution in [3.05, 3.63) is 48.6 Å². The third kappa shape index (κ3) is 52.3. The van der Waals surface area contributed by atoms with Gasteiger partial charge in [0, 0.05) is 19.3 Å². The molecule has 0 bridgehead atoms. The van der Waals surface area contributed by atoms with Crippen LogP contribution in [0.4, 0.5) is 0 Å². The molecule has 0 N–H and O–H groups in total. The summed E-state index contributed by atoms with van der Waals surface area (Å²) in [5.74, 6) is -0.875. The first-order valence-corrected chi connectivity index (χ1v) is 28.6. The number of hydrogen-bond acceptors (Lipinski definition) is 6. The van der Waals surface area contributed by atoms with Crippen LogP contribution in [0.25, 0.3) is 0 Å². The van der Waals surface area contributed by atoms with Crippen LogP contribution in [-0.4, -0.2) is 37.2 Å². The molecular weight excluding hydrogens is 817 g/mol. The second-order valence-corrected chi connectivity index (χ2v) is 19.2. The maximum absolute atomic E-state index is 12.8. The lowest BCUT2D eigenvalue weighted by Crippen LogP contribution is -2.30. The van der Waals surface area contributed by atoms with Crippen LogP contribution >= 0.6 is 0 Å². The highest BCUT2D eigenvalue weighted by molar-refractivity contribution is 5.71. The number of rotatable bonds is 52. The fraction of sp³-hybridized carbons (Fsp3) is 0.817. The van der Waals surface area contributed by atoms with Gasteiger partial charge in [0.15, 0.2) is 6.10 Å². The van der Waals surface area contributed by atoms with Crippen LogP contribution in [0.2, 0.25) is 0 Å². The van der Waals surface area contributed by atoms with Crippen LogP contribution in [0, 0.1) is 0 Å². The SMILES string of the molecule is CCCCC/C=C\C/C=C\CCCCCCCCCCCC(=O)OC(COC(=O)CCCCCCCCCC)COC(=O)CCCCCCCCCCC/C=C\C/C=C\CCCCCCC. The highest BCUT2D eigenvalue weighted by Gasteiger charge is 2.19. The quantitative estimate of drug-likeness (QED) is 0.0262. The molecule has 6 heteroatoms. The maximum atomic E-state index is 12.8. The van der Waals surface area contributed by atoms with Gasteiger partial charge in [0.05, 0.1) is 0 Å². The van der Waals surface area contributed by atoms with Crippen LogP contribution in [0.1, 0.15) is 297 Å². The van der Waals surface area contributed by atoms with Gasteiger partial charge in [0.1, 0.15) is 13.2 Å². The first-order chi connectivity index (χ1) is 32.5. The van der Waals surface area contributed by atoms with E-state index in [0.717, 1.165) is 70.6 Å². The Morgan fingerprint density at radius 1 is 0.303 bits per heavy atom. The summed E-state index contributed by atoms with van der Waals surface area (Å²) in [7, 11) is 0. The summed E-state index contributed by atoms with van der Waals surface area (Å²) in [6, 6.07) is 0. The smallest absolute Gasteiger partial charge is 0.306 e. The molecule has 0 spiro atoms. The molecule has 0 aliphatic heterocycles. The standard InChI is InChI=1S/C60H108O6/c1-4-7-10-13-16-19-21-23-25-27-29-30-32-33-35-37-39-41-44-47-50-53-59(62)65-56-57(55-64-58(61)52-49-46-43-18-15-12-9-6-3)66-60(63)54-51-48-45-42-40-38-36-34-31-28-26-24-22-20-17-14-11-8-5-2/h17,20-21,23-24,26-27,29,57H,4-16,18-19,22,25,28,30-56H2,1-3H3/b20-17-,23-21-,26-24-,29-27-. The second-order valence-electron chi connectivity index (χ2n) is 19.2. The number of esters is 3. The van der Waals surface area contributed by atoms with Crippen molar-refractivity contribution in [2.45, 2.75) is 303 Å². The van der Waals surface area contributed by atoms with Crippen molar-refractivity contribution in [3.8, 4) is 0 Å². The van der Waals surface area contributed by atoms with E-state index in [0.29, 0.717) is 19.3 Å². The van der Waals surface area contributed by atoms with E-state index >= 15 is 0 Å². The van der Waals surface area contributed by atoms with E-state index in [1.165, 1.54) is 186 Å². The van der Waals surface area contributed by atoms with Crippen molar-refractivity contribution in [3.63, 3.8) is 0 Å². The van der Waals surface area contributed by atoms with E-state index in [9.17, 15) is 14.4 Å². The van der Waals surface area contributed by atoms with E-state index in [2.05, 4.69) is 69.4 Å². The normalized spacial score (nSPS) is 12.3. The van der Waals surface area contributed by atoms with Gasteiger partial charge < -0.3 is 14.2 Å². The van der Waals surface area contributed by atoms with Crippen molar-refractivity contribution in [1.82, 2.24) is 0 Å². The summed E-state index contributed by atoms with van der Waals surface area (Å²) in [5, 5.41) is 0. The summed E-state index contributed by atoms with van der Waals surface area (Å²) < 4.78 is 16.8. The lowest BCUT2D eigenvalue weighted by Gasteiger charge is -2.18. The van der Waals surface area contributed by atoms with Gasteiger partial charge in [-0.2, -0.15) is 0 Å². The van der Waals surface area contributed by atoms with Gasteiger partial charge in [-0.3, -0.25) is 14.4 Å². The van der Waals surface area contributed by atoms with Gasteiger partial charge in [-0.25, -0.2) is 0 Å². The molecule has 6 nitrogen and oxygen atoms in total. The fourth-order valence-corrected chi connectivity index (χ4v) is 8.21. The zero-order valence-electron chi connectivity index (χ0n) is 44.0. The summed E-state index contributed by atoms with van der Waals surface area (Å²) >= 11 is 0. The molecule has 0 aliphatic rings. The van der Waals surface area contributed by atoms with E-state index in [-0.39, 0.29) is 31.1 Å². The van der Waals surface area contributed by atoms with Gasteiger partial charge in [0.2, 0.25) is 0 Å². The van der Waals surface area contributed by atoms with Gasteiger partial charge in [0.25, 0.3) is 0 Å². The van der Waals surface area contributed by atoms with Gasteiger partial charge >= 0.3 is 17.9 Å². The first-order valence-electron chi connectivity index (χ1n) is 28.6. The number of allylic oxidation sites excluding steroid dienone is 8. The monoisotopic (exact) mass is 925 g/mol. The average molecular weight is 926 g/mol. The minimum atomic E-state index is -0.774. The van der Waals surface area contributed by atoms with Gasteiger partial charge in [-0.05, 0) is 83.5 Å². The Labute approximate surface area is 409 Å². The Morgan fingerprint density at radius 3 is 0.864 bits per heavy atom. The number of hydrogen-bond donors (Lipinski definition) is 0. The zero-order valence-corrected chi connectivity index (χ0v) is 44.0. The molecule has 0 heterocycles. The number of carbonyl (C=O) groups excluding carboxylic acids is 3. The molecule has 0 fully saturated rings. The van der Waals surface area contributed by atoms with Crippen LogP contribution in [0.15, 0.2) is 48.6 Å². The van der Waals surface area contributed by atoms with Gasteiger partial charge in [-0.1, -0.05) is 243 Å². The van der Waals surface area contributed by atoms with Crippen LogP contribution < -0.4 is 0 Å². The molecule has 1 unspecified atom stereocenters. The molecule has 0 saturated heterocycles. The molecule has 0 saturated carbocycles. The molecule has 0 radical (unpaired) electrons. The van der Waals surface area contributed by atoms with E-state index in [1.54, 1.807) is 0 Å². The topological polar surface area (TPSA) is 78.9 Å². The van der Waals surface area contributed by atoms with E-state index < -0.39 is 6.10 Å². The lowest BCUT2D eigenvalue weighted by molar-refractivity contribution is -0.167. The molecule has 384 valence electrons. The molecule has 0 aromatic rings. The lowest BCUT2D eigenvalue weighted by atomic mass is 10.1. The minimum Gasteiger partial charge on any atom is -0.462 e. The van der Waals surface area contributed by atoms with Crippen LogP contribution in [0.3, 0.4) is 0 Å². The predicted octanol–water partition coefficient (Wildman–Crippen LogP) is 19.0. The highest BCUT2D eigenvalue weighted by Crippen LogP contribution is 2.16. The third-order valence-corrected chi connectivity index (χ3v) is 12.6. The number of ether oxygens (including phenoxy) is 3. The van der Waals surface area contributed by atoms with Gasteiger partial charge in [-0.15, -0.1) is 0 Å². The number of carbonyl (C=O) groups is 3. The molecule has 0 aromatic carbocycles. The fourth-order valence-electron chi connectivity index (χ4n) is 8.21.